The van der Waals surface area contributed by atoms with Gasteiger partial charge in [0.25, 0.3) is 0 Å². The van der Waals surface area contributed by atoms with Gasteiger partial charge in [-0.3, -0.25) is 9.59 Å². The van der Waals surface area contributed by atoms with Crippen LogP contribution < -0.4 is 5.32 Å². The maximum Gasteiger partial charge on any atom is 0.416 e. The highest BCUT2D eigenvalue weighted by Gasteiger charge is 2.37. The number of rotatable bonds is 4. The monoisotopic (exact) mass is 512 g/mol. The van der Waals surface area contributed by atoms with Crippen molar-refractivity contribution in [3.63, 3.8) is 0 Å². The highest BCUT2D eigenvalue weighted by molar-refractivity contribution is 6.42. The molecule has 0 aromatic heterocycles. The average molecular weight is 513 g/mol. The van der Waals surface area contributed by atoms with E-state index in [1.54, 1.807) is 6.07 Å². The van der Waals surface area contributed by atoms with Crippen LogP contribution in [0.15, 0.2) is 36.4 Å². The molecule has 2 aromatic rings. The topological polar surface area (TPSA) is 49.4 Å². The minimum Gasteiger partial charge on any atom is -0.344 e. The van der Waals surface area contributed by atoms with Gasteiger partial charge in [0, 0.05) is 25.9 Å². The highest BCUT2D eigenvalue weighted by atomic mass is 35.5. The number of nitrogens with one attached hydrogen (secondary N) is 1. The summed E-state index contributed by atoms with van der Waals surface area (Å²) in [7, 11) is 0. The Morgan fingerprint density at radius 3 is 2.03 bits per heavy atom. The predicted molar refractivity (Wildman–Crippen MR) is 109 cm³/mol. The molecular formula is C21H16Cl2F6N2O2. The Bertz CT molecular complexity index is 1040. The second-order valence-corrected chi connectivity index (χ2v) is 8.31. The van der Waals surface area contributed by atoms with Crippen LogP contribution in [0.5, 0.6) is 0 Å². The molecule has 1 aliphatic rings. The van der Waals surface area contributed by atoms with Gasteiger partial charge >= 0.3 is 12.4 Å². The largest absolute Gasteiger partial charge is 0.416 e. The fourth-order valence-electron chi connectivity index (χ4n) is 3.42. The van der Waals surface area contributed by atoms with Crippen molar-refractivity contribution in [2.45, 2.75) is 37.8 Å². The molecule has 0 spiro atoms. The first kappa shape index (κ1) is 25.2. The van der Waals surface area contributed by atoms with E-state index in [-0.39, 0.29) is 41.1 Å². The molecule has 4 nitrogen and oxygen atoms in total. The van der Waals surface area contributed by atoms with Gasteiger partial charge in [0.05, 0.1) is 21.2 Å². The third-order valence-electron chi connectivity index (χ3n) is 5.00. The Kier molecular flexibility index (Phi) is 7.18. The number of alkyl halides is 6. The zero-order valence-electron chi connectivity index (χ0n) is 16.7. The fourth-order valence-corrected chi connectivity index (χ4v) is 3.74. The quantitative estimate of drug-likeness (QED) is 0.550. The molecule has 0 aliphatic carbocycles. The molecule has 0 unspecified atom stereocenters. The standard InChI is InChI=1S/C21H16Cl2F6N2O2/c22-15-2-1-11(7-16(15)23)8-17-19(33)31(4-3-18(32)30-17)10-12-5-13(20(24,25)26)9-14(6-12)21(27,28)29/h1-2,5-7,9,17H,3-4,8,10H2,(H,30,32)/t17-/m0/s1. The number of hydrogen-bond donors (Lipinski definition) is 1. The number of halogens is 8. The van der Waals surface area contributed by atoms with E-state index < -0.39 is 47.9 Å². The van der Waals surface area contributed by atoms with Gasteiger partial charge in [-0.2, -0.15) is 26.3 Å². The van der Waals surface area contributed by atoms with Crippen LogP contribution in [0, 0.1) is 0 Å². The van der Waals surface area contributed by atoms with E-state index in [1.165, 1.54) is 12.1 Å². The molecule has 33 heavy (non-hydrogen) atoms. The summed E-state index contributed by atoms with van der Waals surface area (Å²) < 4.78 is 78.9. The summed E-state index contributed by atoms with van der Waals surface area (Å²) in [5.74, 6) is -1.12. The van der Waals surface area contributed by atoms with E-state index in [2.05, 4.69) is 5.32 Å². The summed E-state index contributed by atoms with van der Waals surface area (Å²) >= 11 is 11.8. The smallest absolute Gasteiger partial charge is 0.344 e. The minimum atomic E-state index is -5.01. The van der Waals surface area contributed by atoms with Gasteiger partial charge in [-0.25, -0.2) is 0 Å². The van der Waals surface area contributed by atoms with Gasteiger partial charge in [-0.15, -0.1) is 0 Å². The minimum absolute atomic E-state index is 0.00829. The van der Waals surface area contributed by atoms with Crippen LogP contribution in [0.3, 0.4) is 0 Å². The van der Waals surface area contributed by atoms with E-state index in [0.717, 1.165) is 4.90 Å². The molecule has 1 aliphatic heterocycles. The lowest BCUT2D eigenvalue weighted by atomic mass is 10.0. The number of hydrogen-bond acceptors (Lipinski definition) is 2. The summed E-state index contributed by atoms with van der Waals surface area (Å²) in [6, 6.07) is 4.66. The first-order valence-corrected chi connectivity index (χ1v) is 10.3. The Morgan fingerprint density at radius 2 is 1.48 bits per heavy atom. The van der Waals surface area contributed by atoms with Crippen molar-refractivity contribution in [2.75, 3.05) is 6.54 Å². The van der Waals surface area contributed by atoms with Crippen LogP contribution in [0.4, 0.5) is 26.3 Å². The first-order valence-electron chi connectivity index (χ1n) is 9.54. The van der Waals surface area contributed by atoms with Crippen LogP contribution in [0.2, 0.25) is 10.0 Å². The van der Waals surface area contributed by atoms with Crippen molar-refractivity contribution in [1.82, 2.24) is 10.2 Å². The summed E-state index contributed by atoms with van der Waals surface area (Å²) in [5, 5.41) is 3.04. The molecule has 1 N–H and O–H groups in total. The van der Waals surface area contributed by atoms with Gasteiger partial charge < -0.3 is 10.2 Å². The van der Waals surface area contributed by atoms with E-state index in [4.69, 9.17) is 23.2 Å². The number of carbonyl (C=O) groups is 2. The highest BCUT2D eigenvalue weighted by Crippen LogP contribution is 2.36. The second kappa shape index (κ2) is 9.42. The Hall–Kier alpha value is -2.46. The van der Waals surface area contributed by atoms with Gasteiger partial charge in [-0.1, -0.05) is 29.3 Å². The van der Waals surface area contributed by atoms with Crippen LogP contribution in [-0.4, -0.2) is 29.3 Å². The number of benzene rings is 2. The van der Waals surface area contributed by atoms with Crippen molar-refractivity contribution >= 4 is 35.0 Å². The zero-order valence-corrected chi connectivity index (χ0v) is 18.2. The molecule has 2 amide bonds. The Balaban J connectivity index is 1.89. The van der Waals surface area contributed by atoms with Crippen LogP contribution in [-0.2, 0) is 34.9 Å². The van der Waals surface area contributed by atoms with Gasteiger partial charge in [-0.05, 0) is 41.5 Å². The van der Waals surface area contributed by atoms with Crippen molar-refractivity contribution in [3.8, 4) is 0 Å². The first-order chi connectivity index (χ1) is 15.2. The van der Waals surface area contributed by atoms with E-state index >= 15 is 0 Å². The lowest BCUT2D eigenvalue weighted by Gasteiger charge is -2.25. The molecule has 0 saturated carbocycles. The molecule has 178 valence electrons. The Morgan fingerprint density at radius 1 is 0.879 bits per heavy atom. The maximum absolute atomic E-state index is 13.2. The van der Waals surface area contributed by atoms with Crippen LogP contribution >= 0.6 is 23.2 Å². The third-order valence-corrected chi connectivity index (χ3v) is 5.74. The molecule has 0 bridgehead atoms. The molecule has 1 saturated heterocycles. The molecular weight excluding hydrogens is 497 g/mol. The number of nitrogens with zero attached hydrogens (tertiary/aromatic N) is 1. The van der Waals surface area contributed by atoms with Gasteiger partial charge in [0.15, 0.2) is 0 Å². The molecule has 12 heteroatoms. The van der Waals surface area contributed by atoms with Gasteiger partial charge in [0.2, 0.25) is 11.8 Å². The van der Waals surface area contributed by atoms with Crippen LogP contribution in [0.25, 0.3) is 0 Å². The number of carbonyl (C=O) groups excluding carboxylic acids is 2. The zero-order chi connectivity index (χ0) is 24.6. The SMILES string of the molecule is O=C1CCN(Cc2cc(C(F)(F)F)cc(C(F)(F)F)c2)C(=O)[C@H](Cc2ccc(Cl)c(Cl)c2)N1. The molecule has 0 radical (unpaired) electrons. The predicted octanol–water partition coefficient (Wildman–Crippen LogP) is 5.49. The second-order valence-electron chi connectivity index (χ2n) is 7.50. The van der Waals surface area contributed by atoms with E-state index in [9.17, 15) is 35.9 Å². The van der Waals surface area contributed by atoms with Crippen LogP contribution in [0.1, 0.15) is 28.7 Å². The molecule has 2 aromatic carbocycles. The van der Waals surface area contributed by atoms with Crippen molar-refractivity contribution in [2.24, 2.45) is 0 Å². The van der Waals surface area contributed by atoms with Crippen molar-refractivity contribution < 1.29 is 35.9 Å². The summed E-state index contributed by atoms with van der Waals surface area (Å²) in [6.07, 6.45) is -10.2. The fraction of sp³-hybridized carbons (Fsp3) is 0.333. The Labute approximate surface area is 194 Å². The summed E-state index contributed by atoms with van der Waals surface area (Å²) in [4.78, 5) is 26.2. The number of amides is 2. The maximum atomic E-state index is 13.2. The third kappa shape index (κ3) is 6.32. The normalized spacial score (nSPS) is 17.7. The summed E-state index contributed by atoms with van der Waals surface area (Å²) in [5.41, 5.74) is -2.75. The van der Waals surface area contributed by atoms with Gasteiger partial charge in [0.1, 0.15) is 6.04 Å². The molecule has 1 atom stereocenters. The van der Waals surface area contributed by atoms with Crippen molar-refractivity contribution in [3.05, 3.63) is 68.7 Å². The van der Waals surface area contributed by atoms with E-state index in [0.29, 0.717) is 17.7 Å². The lowest BCUT2D eigenvalue weighted by Crippen LogP contribution is -2.45. The molecule has 3 rings (SSSR count). The molecule has 1 heterocycles. The average Bonchev–Trinajstić information content (AvgIpc) is 2.83. The van der Waals surface area contributed by atoms with Crippen molar-refractivity contribution in [1.29, 1.82) is 0 Å². The van der Waals surface area contributed by atoms with E-state index in [1.807, 2.05) is 0 Å². The lowest BCUT2D eigenvalue weighted by molar-refractivity contribution is -0.143. The summed E-state index contributed by atoms with van der Waals surface area (Å²) in [6.45, 7) is -0.696. The molecule has 1 fully saturated rings.